The zero-order chi connectivity index (χ0) is 20.9. The second kappa shape index (κ2) is 8.57. The standard InChI is InChI=1S/C25H22N4O/c1-18-8-12-20(13-9-18)16-23-24(30)29(26-17-21-6-4-3-5-7-21)25(28-23)27-22-14-10-19(2)11-15-22/h3-17H,1-2H3,(H,27,28)/b23-16+,26-17+. The van der Waals surface area contributed by atoms with E-state index < -0.39 is 0 Å². The highest BCUT2D eigenvalue weighted by Crippen LogP contribution is 2.21. The molecule has 1 heterocycles. The van der Waals surface area contributed by atoms with Crippen LogP contribution in [0.2, 0.25) is 0 Å². The van der Waals surface area contributed by atoms with Crippen LogP contribution in [0.5, 0.6) is 0 Å². The predicted molar refractivity (Wildman–Crippen MR) is 122 cm³/mol. The summed E-state index contributed by atoms with van der Waals surface area (Å²) in [6.07, 6.45) is 3.43. The average Bonchev–Trinajstić information content (AvgIpc) is 3.04. The summed E-state index contributed by atoms with van der Waals surface area (Å²) < 4.78 is 0. The highest BCUT2D eigenvalue weighted by molar-refractivity contribution is 6.17. The molecule has 1 N–H and O–H groups in total. The van der Waals surface area contributed by atoms with Crippen LogP contribution in [-0.2, 0) is 4.79 Å². The summed E-state index contributed by atoms with van der Waals surface area (Å²) in [4.78, 5) is 17.6. The maximum Gasteiger partial charge on any atom is 0.300 e. The van der Waals surface area contributed by atoms with Crippen LogP contribution < -0.4 is 5.32 Å². The van der Waals surface area contributed by atoms with Gasteiger partial charge in [-0.2, -0.15) is 10.1 Å². The Bertz CT molecular complexity index is 1130. The summed E-state index contributed by atoms with van der Waals surface area (Å²) in [5.74, 6) is 0.0896. The van der Waals surface area contributed by atoms with E-state index in [2.05, 4.69) is 15.4 Å². The number of nitrogens with one attached hydrogen (secondary N) is 1. The van der Waals surface area contributed by atoms with Gasteiger partial charge >= 0.3 is 0 Å². The minimum atomic E-state index is -0.280. The third-order valence-corrected chi connectivity index (χ3v) is 4.65. The van der Waals surface area contributed by atoms with Gasteiger partial charge in [0.2, 0.25) is 5.96 Å². The van der Waals surface area contributed by atoms with Crippen LogP contribution in [0.4, 0.5) is 5.69 Å². The summed E-state index contributed by atoms with van der Waals surface area (Å²) in [6, 6.07) is 25.5. The van der Waals surface area contributed by atoms with Gasteiger partial charge in [-0.3, -0.25) is 4.79 Å². The molecule has 1 aliphatic rings. The second-order valence-corrected chi connectivity index (χ2v) is 7.14. The largest absolute Gasteiger partial charge is 0.324 e. The molecule has 0 atom stereocenters. The van der Waals surface area contributed by atoms with Gasteiger partial charge in [0.25, 0.3) is 5.91 Å². The molecule has 1 amide bonds. The summed E-state index contributed by atoms with van der Waals surface area (Å²) in [7, 11) is 0. The number of anilines is 1. The van der Waals surface area contributed by atoms with Gasteiger partial charge < -0.3 is 5.32 Å². The molecule has 0 saturated carbocycles. The number of hydrazone groups is 1. The molecule has 0 aliphatic carbocycles. The van der Waals surface area contributed by atoms with Crippen LogP contribution in [0.15, 0.2) is 94.7 Å². The zero-order valence-corrected chi connectivity index (χ0v) is 16.9. The Kier molecular flexibility index (Phi) is 5.52. The van der Waals surface area contributed by atoms with E-state index in [1.807, 2.05) is 92.7 Å². The molecule has 5 heteroatoms. The van der Waals surface area contributed by atoms with Crippen molar-refractivity contribution in [3.8, 4) is 0 Å². The molecule has 0 radical (unpaired) electrons. The van der Waals surface area contributed by atoms with Crippen molar-refractivity contribution in [3.63, 3.8) is 0 Å². The molecular formula is C25H22N4O. The Morgan fingerprint density at radius 3 is 2.13 bits per heavy atom. The van der Waals surface area contributed by atoms with Crippen LogP contribution in [0, 0.1) is 13.8 Å². The number of amides is 1. The van der Waals surface area contributed by atoms with Crippen molar-refractivity contribution in [1.29, 1.82) is 0 Å². The van der Waals surface area contributed by atoms with Crippen molar-refractivity contribution < 1.29 is 4.79 Å². The van der Waals surface area contributed by atoms with Gasteiger partial charge in [-0.25, -0.2) is 4.99 Å². The van der Waals surface area contributed by atoms with E-state index >= 15 is 0 Å². The topological polar surface area (TPSA) is 57.1 Å². The maximum absolute atomic E-state index is 13.0. The molecular weight excluding hydrogens is 372 g/mol. The number of aliphatic imine (C=N–C) groups is 1. The highest BCUT2D eigenvalue weighted by atomic mass is 16.2. The molecule has 0 aromatic heterocycles. The first-order chi connectivity index (χ1) is 14.6. The lowest BCUT2D eigenvalue weighted by molar-refractivity contribution is -0.122. The van der Waals surface area contributed by atoms with Crippen molar-refractivity contribution in [1.82, 2.24) is 5.01 Å². The fraction of sp³-hybridized carbons (Fsp3) is 0.0800. The van der Waals surface area contributed by atoms with Gasteiger partial charge in [0.15, 0.2) is 0 Å². The molecule has 4 rings (SSSR count). The van der Waals surface area contributed by atoms with E-state index in [0.29, 0.717) is 11.7 Å². The predicted octanol–water partition coefficient (Wildman–Crippen LogP) is 4.99. The van der Waals surface area contributed by atoms with Gasteiger partial charge in [0.1, 0.15) is 5.70 Å². The first-order valence-electron chi connectivity index (χ1n) is 9.73. The number of rotatable bonds is 4. The first kappa shape index (κ1) is 19.3. The Labute approximate surface area is 176 Å². The number of aryl methyl sites for hydroxylation is 2. The molecule has 148 valence electrons. The van der Waals surface area contributed by atoms with Crippen LogP contribution >= 0.6 is 0 Å². The Hall–Kier alpha value is -3.99. The maximum atomic E-state index is 13.0. The summed E-state index contributed by atoms with van der Waals surface area (Å²) in [5, 5.41) is 8.91. The average molecular weight is 394 g/mol. The number of benzene rings is 3. The molecule has 0 bridgehead atoms. The zero-order valence-electron chi connectivity index (χ0n) is 16.9. The molecule has 0 saturated heterocycles. The fourth-order valence-corrected chi connectivity index (χ4v) is 2.95. The molecule has 3 aromatic rings. The highest BCUT2D eigenvalue weighted by Gasteiger charge is 2.30. The number of carbonyl (C=O) groups is 1. The quantitative estimate of drug-likeness (QED) is 0.501. The SMILES string of the molecule is Cc1ccc(/C=C2/N=C(Nc3ccc(C)cc3)N(/N=C/c3ccccc3)C2=O)cc1. The smallest absolute Gasteiger partial charge is 0.300 e. The molecule has 3 aromatic carbocycles. The van der Waals surface area contributed by atoms with Gasteiger partial charge in [-0.1, -0.05) is 77.9 Å². The lowest BCUT2D eigenvalue weighted by atomic mass is 10.1. The third-order valence-electron chi connectivity index (χ3n) is 4.65. The van der Waals surface area contributed by atoms with E-state index in [-0.39, 0.29) is 5.91 Å². The van der Waals surface area contributed by atoms with Crippen molar-refractivity contribution in [2.45, 2.75) is 13.8 Å². The van der Waals surface area contributed by atoms with E-state index in [4.69, 9.17) is 0 Å². The molecule has 0 fully saturated rings. The van der Waals surface area contributed by atoms with Crippen molar-refractivity contribution >= 4 is 29.8 Å². The normalized spacial score (nSPS) is 15.1. The van der Waals surface area contributed by atoms with Crippen LogP contribution in [0.25, 0.3) is 6.08 Å². The fourth-order valence-electron chi connectivity index (χ4n) is 2.95. The number of nitrogens with zero attached hydrogens (tertiary/aromatic N) is 3. The minimum Gasteiger partial charge on any atom is -0.324 e. The van der Waals surface area contributed by atoms with E-state index in [1.165, 1.54) is 5.01 Å². The summed E-state index contributed by atoms with van der Waals surface area (Å²) >= 11 is 0. The van der Waals surface area contributed by atoms with E-state index in [1.54, 1.807) is 12.3 Å². The summed E-state index contributed by atoms with van der Waals surface area (Å²) in [6.45, 7) is 4.05. The number of carbonyl (C=O) groups excluding carboxylic acids is 1. The van der Waals surface area contributed by atoms with Gasteiger partial charge in [-0.15, -0.1) is 0 Å². The minimum absolute atomic E-state index is 0.280. The number of guanidine groups is 1. The van der Waals surface area contributed by atoms with Gasteiger partial charge in [-0.05, 0) is 43.2 Å². The van der Waals surface area contributed by atoms with Gasteiger partial charge in [0, 0.05) is 5.69 Å². The Morgan fingerprint density at radius 2 is 1.47 bits per heavy atom. The lowest BCUT2D eigenvalue weighted by Gasteiger charge is -2.13. The first-order valence-corrected chi connectivity index (χ1v) is 9.73. The van der Waals surface area contributed by atoms with E-state index in [0.717, 1.165) is 27.9 Å². The molecule has 0 spiro atoms. The second-order valence-electron chi connectivity index (χ2n) is 7.14. The van der Waals surface area contributed by atoms with Crippen molar-refractivity contribution in [2.24, 2.45) is 10.1 Å². The molecule has 30 heavy (non-hydrogen) atoms. The number of hydrogen-bond acceptors (Lipinski definition) is 4. The van der Waals surface area contributed by atoms with Crippen molar-refractivity contribution in [3.05, 3.63) is 107 Å². The Morgan fingerprint density at radius 1 is 0.833 bits per heavy atom. The van der Waals surface area contributed by atoms with Crippen LogP contribution in [-0.4, -0.2) is 23.1 Å². The summed E-state index contributed by atoms with van der Waals surface area (Å²) in [5.41, 5.74) is 5.30. The number of hydrogen-bond donors (Lipinski definition) is 1. The van der Waals surface area contributed by atoms with Crippen molar-refractivity contribution in [2.75, 3.05) is 5.32 Å². The van der Waals surface area contributed by atoms with Crippen LogP contribution in [0.1, 0.15) is 22.3 Å². The molecule has 1 aliphatic heterocycles. The van der Waals surface area contributed by atoms with Crippen LogP contribution in [0.3, 0.4) is 0 Å². The Balaban J connectivity index is 1.66. The monoisotopic (exact) mass is 394 g/mol. The molecule has 5 nitrogen and oxygen atoms in total. The van der Waals surface area contributed by atoms with E-state index in [9.17, 15) is 4.79 Å². The lowest BCUT2D eigenvalue weighted by Crippen LogP contribution is -2.32. The molecule has 0 unspecified atom stereocenters. The third kappa shape index (κ3) is 4.52. The van der Waals surface area contributed by atoms with Gasteiger partial charge in [0.05, 0.1) is 6.21 Å².